The van der Waals surface area contributed by atoms with Crippen molar-refractivity contribution in [2.24, 2.45) is 7.05 Å². The molecule has 1 fully saturated rings. The maximum absolute atomic E-state index is 13.2. The van der Waals surface area contributed by atoms with Crippen molar-refractivity contribution in [2.75, 3.05) is 45.9 Å². The lowest BCUT2D eigenvalue weighted by Crippen LogP contribution is -2.47. The number of rotatable bonds is 8. The number of hydrogen-bond acceptors (Lipinski definition) is 7. The van der Waals surface area contributed by atoms with E-state index in [0.717, 1.165) is 44.1 Å². The smallest absolute Gasteiger partial charge is 0.277 e. The molecular formula is C25H34N6O3. The summed E-state index contributed by atoms with van der Waals surface area (Å²) >= 11 is 0. The van der Waals surface area contributed by atoms with E-state index in [9.17, 15) is 9.59 Å². The second-order valence-corrected chi connectivity index (χ2v) is 8.69. The van der Waals surface area contributed by atoms with Crippen LogP contribution in [0.4, 0.5) is 0 Å². The fourth-order valence-electron chi connectivity index (χ4n) is 4.62. The average Bonchev–Trinajstić information content (AvgIpc) is 3.15. The second-order valence-electron chi connectivity index (χ2n) is 8.69. The monoisotopic (exact) mass is 466 g/mol. The van der Waals surface area contributed by atoms with Gasteiger partial charge in [-0.15, -0.1) is 0 Å². The first-order chi connectivity index (χ1) is 16.4. The third-order valence-electron chi connectivity index (χ3n) is 6.49. The van der Waals surface area contributed by atoms with Crippen molar-refractivity contribution in [3.05, 3.63) is 45.4 Å². The number of piperazine rings is 1. The number of aryl methyl sites for hydroxylation is 1. The maximum atomic E-state index is 13.2. The Morgan fingerprint density at radius 2 is 1.91 bits per heavy atom. The predicted octanol–water partition coefficient (Wildman–Crippen LogP) is 2.36. The number of H-pyrrole nitrogens is 1. The van der Waals surface area contributed by atoms with Gasteiger partial charge >= 0.3 is 0 Å². The van der Waals surface area contributed by atoms with Crippen LogP contribution in [0.5, 0.6) is 0 Å². The molecule has 1 aliphatic heterocycles. The first-order valence-corrected chi connectivity index (χ1v) is 12.1. The van der Waals surface area contributed by atoms with Crippen LogP contribution >= 0.6 is 0 Å². The quantitative estimate of drug-likeness (QED) is 0.638. The van der Waals surface area contributed by atoms with Crippen molar-refractivity contribution >= 4 is 28.5 Å². The number of aromatic amines is 1. The number of hydrogen-bond donors (Lipinski definition) is 1. The van der Waals surface area contributed by atoms with Crippen molar-refractivity contribution in [1.29, 1.82) is 0 Å². The van der Waals surface area contributed by atoms with E-state index in [2.05, 4.69) is 26.8 Å². The van der Waals surface area contributed by atoms with Gasteiger partial charge in [0, 0.05) is 39.6 Å². The van der Waals surface area contributed by atoms with Gasteiger partial charge in [-0.25, -0.2) is 4.98 Å². The van der Waals surface area contributed by atoms with Crippen molar-refractivity contribution in [1.82, 2.24) is 29.5 Å². The number of likely N-dealkylation sites (N-methyl/N-ethyl adjacent to an activating group) is 1. The average molecular weight is 467 g/mol. The Morgan fingerprint density at radius 1 is 1.18 bits per heavy atom. The highest BCUT2D eigenvalue weighted by Gasteiger charge is 2.25. The van der Waals surface area contributed by atoms with Crippen LogP contribution in [0.2, 0.25) is 0 Å². The third kappa shape index (κ3) is 4.90. The molecule has 0 amide bonds. The molecule has 3 heterocycles. The van der Waals surface area contributed by atoms with Crippen LogP contribution in [0, 0.1) is 0 Å². The van der Waals surface area contributed by atoms with E-state index in [1.165, 1.54) is 0 Å². The number of aromatic nitrogens is 4. The fraction of sp³-hybridized carbons (Fsp3) is 0.520. The van der Waals surface area contributed by atoms with Gasteiger partial charge in [-0.3, -0.25) is 19.2 Å². The predicted molar refractivity (Wildman–Crippen MR) is 133 cm³/mol. The third-order valence-corrected chi connectivity index (χ3v) is 6.49. The summed E-state index contributed by atoms with van der Waals surface area (Å²) in [5.41, 5.74) is 2.73. The fourth-order valence-corrected chi connectivity index (χ4v) is 4.62. The molecular weight excluding hydrogens is 432 g/mol. The molecule has 1 saturated heterocycles. The number of ether oxygens (including phenoxy) is 1. The van der Waals surface area contributed by atoms with E-state index >= 15 is 0 Å². The van der Waals surface area contributed by atoms with E-state index in [0.29, 0.717) is 54.1 Å². The van der Waals surface area contributed by atoms with Crippen molar-refractivity contribution in [2.45, 2.75) is 33.6 Å². The minimum atomic E-state index is -0.269. The molecule has 0 unspecified atom stereocenters. The Bertz CT molecular complexity index is 1210. The largest absolute Gasteiger partial charge is 0.497 e. The number of allylic oxidation sites excluding steroid dienone is 4. The highest BCUT2D eigenvalue weighted by molar-refractivity contribution is 6.00. The van der Waals surface area contributed by atoms with Crippen LogP contribution < -0.4 is 5.56 Å². The molecule has 0 spiro atoms. The van der Waals surface area contributed by atoms with Crippen LogP contribution in [0.25, 0.3) is 22.7 Å². The summed E-state index contributed by atoms with van der Waals surface area (Å²) in [6.07, 6.45) is 6.78. The van der Waals surface area contributed by atoms with Crippen LogP contribution in [-0.2, 0) is 16.6 Å². The van der Waals surface area contributed by atoms with Crippen molar-refractivity contribution < 1.29 is 9.53 Å². The molecule has 9 heteroatoms. The number of ketones is 1. The first kappa shape index (κ1) is 24.1. The summed E-state index contributed by atoms with van der Waals surface area (Å²) in [6, 6.07) is 0. The van der Waals surface area contributed by atoms with Gasteiger partial charge in [-0.05, 0) is 44.5 Å². The summed E-state index contributed by atoms with van der Waals surface area (Å²) in [6.45, 7) is 11.7. The molecule has 34 heavy (non-hydrogen) atoms. The van der Waals surface area contributed by atoms with Gasteiger partial charge in [0.1, 0.15) is 22.8 Å². The highest BCUT2D eigenvalue weighted by Crippen LogP contribution is 2.31. The van der Waals surface area contributed by atoms with E-state index in [1.54, 1.807) is 11.7 Å². The van der Waals surface area contributed by atoms with E-state index in [4.69, 9.17) is 9.72 Å². The van der Waals surface area contributed by atoms with Gasteiger partial charge in [-0.1, -0.05) is 13.0 Å². The Labute approximate surface area is 199 Å². The Kier molecular flexibility index (Phi) is 7.43. The molecule has 1 aliphatic carbocycles. The lowest BCUT2D eigenvalue weighted by molar-refractivity contribution is -0.117. The molecule has 0 aromatic carbocycles. The molecule has 182 valence electrons. The molecule has 0 atom stereocenters. The van der Waals surface area contributed by atoms with Gasteiger partial charge in [0.15, 0.2) is 11.3 Å². The van der Waals surface area contributed by atoms with Crippen LogP contribution in [0.3, 0.4) is 0 Å². The van der Waals surface area contributed by atoms with Crippen molar-refractivity contribution in [3.8, 4) is 0 Å². The molecule has 1 N–H and O–H groups in total. The molecule has 2 aromatic heterocycles. The summed E-state index contributed by atoms with van der Waals surface area (Å²) in [5, 5.41) is 4.42. The maximum Gasteiger partial charge on any atom is 0.277 e. The zero-order valence-electron chi connectivity index (χ0n) is 20.6. The molecule has 0 bridgehead atoms. The molecule has 0 saturated carbocycles. The first-order valence-electron chi connectivity index (χ1n) is 12.1. The minimum Gasteiger partial charge on any atom is -0.497 e. The van der Waals surface area contributed by atoms with E-state index < -0.39 is 0 Å². The van der Waals surface area contributed by atoms with Gasteiger partial charge < -0.3 is 14.6 Å². The van der Waals surface area contributed by atoms with Crippen LogP contribution in [0.1, 0.15) is 45.1 Å². The standard InChI is InChI=1S/C25H34N6O3/c1-5-8-19-22-23(29(4)28-19)25(33)27-24(26-22)18-15-17(9-10-21(18)34-7-3)20(32)16-31-13-11-30(6-2)12-14-31/h5,8,15H,6-7,9-14,16H2,1-4H3,(H,26,27,33)/b8-5+. The summed E-state index contributed by atoms with van der Waals surface area (Å²) in [7, 11) is 1.73. The number of carbonyl (C=O) groups is 1. The van der Waals surface area contributed by atoms with E-state index in [1.807, 2.05) is 32.1 Å². The number of carbonyl (C=O) groups excluding carboxylic acids is 1. The zero-order valence-corrected chi connectivity index (χ0v) is 20.6. The molecule has 4 rings (SSSR count). The van der Waals surface area contributed by atoms with Crippen LogP contribution in [-0.4, -0.2) is 81.2 Å². The van der Waals surface area contributed by atoms with Gasteiger partial charge in [0.25, 0.3) is 5.56 Å². The van der Waals surface area contributed by atoms with Gasteiger partial charge in [0.05, 0.1) is 18.7 Å². The highest BCUT2D eigenvalue weighted by atomic mass is 16.5. The number of nitrogens with zero attached hydrogens (tertiary/aromatic N) is 5. The SMILES string of the molecule is C/C=C/c1nn(C)c2c(=O)[nH]c(C3=C(OCC)CCC(C(=O)CN4CCN(CC)CC4)=C3)nc12. The summed E-state index contributed by atoms with van der Waals surface area (Å²) < 4.78 is 7.44. The normalized spacial score (nSPS) is 18.2. The molecule has 2 aliphatic rings. The number of fused-ring (bicyclic) bond motifs is 1. The summed E-state index contributed by atoms with van der Waals surface area (Å²) in [4.78, 5) is 38.4. The molecule has 2 aromatic rings. The topological polar surface area (TPSA) is 96.3 Å². The van der Waals surface area contributed by atoms with E-state index in [-0.39, 0.29) is 11.3 Å². The second kappa shape index (κ2) is 10.5. The van der Waals surface area contributed by atoms with Gasteiger partial charge in [-0.2, -0.15) is 5.10 Å². The number of Topliss-reactive ketones (excluding diaryl/α,β-unsaturated/α-hetero) is 1. The van der Waals surface area contributed by atoms with Crippen LogP contribution in [0.15, 0.2) is 28.3 Å². The zero-order chi connectivity index (χ0) is 24.2. The number of nitrogens with one attached hydrogen (secondary N) is 1. The Hall–Kier alpha value is -3.04. The molecule has 0 radical (unpaired) electrons. The lowest BCUT2D eigenvalue weighted by atomic mass is 9.94. The minimum absolute atomic E-state index is 0.123. The van der Waals surface area contributed by atoms with Gasteiger partial charge in [0.2, 0.25) is 0 Å². The molecule has 9 nitrogen and oxygen atoms in total. The summed E-state index contributed by atoms with van der Waals surface area (Å²) in [5.74, 6) is 1.27. The lowest BCUT2D eigenvalue weighted by Gasteiger charge is -2.33. The Morgan fingerprint density at radius 3 is 2.59 bits per heavy atom. The Balaban J connectivity index is 1.67. The van der Waals surface area contributed by atoms with Crippen molar-refractivity contribution in [3.63, 3.8) is 0 Å².